The van der Waals surface area contributed by atoms with Crippen molar-refractivity contribution in [1.29, 1.82) is 0 Å². The Morgan fingerprint density at radius 2 is 2.05 bits per heavy atom. The molecule has 1 aliphatic carbocycles. The van der Waals surface area contributed by atoms with Crippen LogP contribution in [0.1, 0.15) is 25.7 Å². The zero-order valence-corrected chi connectivity index (χ0v) is 12.8. The summed E-state index contributed by atoms with van der Waals surface area (Å²) < 4.78 is 5.99. The number of rotatable bonds is 6. The smallest absolute Gasteiger partial charge is 0.0671 e. The molecule has 0 aromatic heterocycles. The van der Waals surface area contributed by atoms with E-state index in [2.05, 4.69) is 30.3 Å². The second kappa shape index (κ2) is 6.07. The fourth-order valence-corrected chi connectivity index (χ4v) is 4.62. The van der Waals surface area contributed by atoms with E-state index in [0.717, 1.165) is 30.6 Å². The first kappa shape index (κ1) is 13.8. The van der Waals surface area contributed by atoms with Crippen LogP contribution in [0, 0.1) is 11.3 Å². The largest absolute Gasteiger partial charge is 0.377 e. The number of halogens is 1. The Balaban J connectivity index is 1.57. The zero-order valence-electron chi connectivity index (χ0n) is 11.2. The van der Waals surface area contributed by atoms with Crippen LogP contribution in [-0.4, -0.2) is 24.3 Å². The van der Waals surface area contributed by atoms with Crippen molar-refractivity contribution in [2.75, 3.05) is 18.2 Å². The van der Waals surface area contributed by atoms with Crippen LogP contribution >= 0.6 is 23.4 Å². The molecule has 1 nitrogen and oxygen atoms in total. The zero-order chi connectivity index (χ0) is 13.1. The Bertz CT molecular complexity index is 406. The highest BCUT2D eigenvalue weighted by molar-refractivity contribution is 7.99. The SMILES string of the molecule is ClCC1(CCSc2ccccc2)CCOC1C1CC1. The maximum absolute atomic E-state index is 6.32. The molecule has 1 heterocycles. The minimum Gasteiger partial charge on any atom is -0.377 e. The third kappa shape index (κ3) is 3.12. The predicted octanol–water partition coefficient (Wildman–Crippen LogP) is 4.59. The third-order valence-corrected chi connectivity index (χ3v) is 5.98. The highest BCUT2D eigenvalue weighted by Gasteiger charge is 2.50. The van der Waals surface area contributed by atoms with Gasteiger partial charge >= 0.3 is 0 Å². The fraction of sp³-hybridized carbons (Fsp3) is 0.625. The van der Waals surface area contributed by atoms with E-state index < -0.39 is 0 Å². The number of alkyl halides is 1. The van der Waals surface area contributed by atoms with Gasteiger partial charge in [0.25, 0.3) is 0 Å². The molecule has 2 atom stereocenters. The summed E-state index contributed by atoms with van der Waals surface area (Å²) in [5, 5.41) is 0. The Hall–Kier alpha value is -0.180. The quantitative estimate of drug-likeness (QED) is 0.561. The van der Waals surface area contributed by atoms with Crippen molar-refractivity contribution >= 4 is 23.4 Å². The molecule has 1 aromatic rings. The van der Waals surface area contributed by atoms with Gasteiger partial charge in [-0.05, 0) is 49.5 Å². The van der Waals surface area contributed by atoms with E-state index in [1.807, 2.05) is 11.8 Å². The summed E-state index contributed by atoms with van der Waals surface area (Å²) in [4.78, 5) is 1.36. The highest BCUT2D eigenvalue weighted by atomic mass is 35.5. The third-order valence-electron chi connectivity index (χ3n) is 4.43. The van der Waals surface area contributed by atoms with E-state index in [1.165, 1.54) is 24.2 Å². The van der Waals surface area contributed by atoms with Crippen molar-refractivity contribution in [1.82, 2.24) is 0 Å². The summed E-state index contributed by atoms with van der Waals surface area (Å²) >= 11 is 8.26. The maximum atomic E-state index is 6.32. The van der Waals surface area contributed by atoms with E-state index in [0.29, 0.717) is 6.10 Å². The highest BCUT2D eigenvalue weighted by Crippen LogP contribution is 2.50. The first-order chi connectivity index (χ1) is 9.34. The first-order valence-corrected chi connectivity index (χ1v) is 8.71. The van der Waals surface area contributed by atoms with Crippen LogP contribution in [0.2, 0.25) is 0 Å². The molecule has 0 amide bonds. The lowest BCUT2D eigenvalue weighted by Gasteiger charge is -2.32. The standard InChI is InChI=1S/C16H21ClOS/c17-12-16(8-10-18-15(16)13-6-7-13)9-11-19-14-4-2-1-3-5-14/h1-5,13,15H,6-12H2. The lowest BCUT2D eigenvalue weighted by molar-refractivity contribution is 0.0391. The minimum absolute atomic E-state index is 0.241. The molecule has 0 radical (unpaired) electrons. The molecular formula is C16H21ClOS. The minimum atomic E-state index is 0.241. The fourth-order valence-electron chi connectivity index (χ4n) is 3.11. The van der Waals surface area contributed by atoms with E-state index in [9.17, 15) is 0 Å². The molecule has 1 saturated heterocycles. The molecule has 0 N–H and O–H groups in total. The number of benzene rings is 1. The van der Waals surface area contributed by atoms with Crippen LogP contribution < -0.4 is 0 Å². The van der Waals surface area contributed by atoms with Crippen molar-refractivity contribution < 1.29 is 4.74 Å². The van der Waals surface area contributed by atoms with Gasteiger partial charge in [0.15, 0.2) is 0 Å². The molecule has 3 rings (SSSR count). The molecule has 1 saturated carbocycles. The van der Waals surface area contributed by atoms with Crippen molar-refractivity contribution in [2.45, 2.75) is 36.7 Å². The number of hydrogen-bond donors (Lipinski definition) is 0. The van der Waals surface area contributed by atoms with Crippen LogP contribution in [0.15, 0.2) is 35.2 Å². The van der Waals surface area contributed by atoms with Gasteiger partial charge in [-0.25, -0.2) is 0 Å². The monoisotopic (exact) mass is 296 g/mol. The molecule has 0 bridgehead atoms. The number of ether oxygens (including phenoxy) is 1. The summed E-state index contributed by atoms with van der Waals surface area (Å²) in [5.41, 5.74) is 0.241. The van der Waals surface area contributed by atoms with Gasteiger partial charge in [0.2, 0.25) is 0 Å². The van der Waals surface area contributed by atoms with Gasteiger partial charge in [-0.15, -0.1) is 23.4 Å². The first-order valence-electron chi connectivity index (χ1n) is 7.19. The second-order valence-corrected chi connectivity index (χ2v) is 7.22. The van der Waals surface area contributed by atoms with Gasteiger partial charge in [-0.3, -0.25) is 0 Å². The lowest BCUT2D eigenvalue weighted by Crippen LogP contribution is -2.35. The van der Waals surface area contributed by atoms with Gasteiger partial charge in [-0.1, -0.05) is 18.2 Å². The summed E-state index contributed by atoms with van der Waals surface area (Å²) in [7, 11) is 0. The van der Waals surface area contributed by atoms with Crippen molar-refractivity contribution in [3.8, 4) is 0 Å². The Morgan fingerprint density at radius 1 is 1.26 bits per heavy atom. The number of thioether (sulfide) groups is 1. The van der Waals surface area contributed by atoms with E-state index in [4.69, 9.17) is 16.3 Å². The molecule has 1 aliphatic heterocycles. The molecule has 2 aliphatic rings. The summed E-state index contributed by atoms with van der Waals surface area (Å²) in [6.07, 6.45) is 5.44. The summed E-state index contributed by atoms with van der Waals surface area (Å²) in [6, 6.07) is 10.6. The maximum Gasteiger partial charge on any atom is 0.0671 e. The van der Waals surface area contributed by atoms with E-state index in [-0.39, 0.29) is 5.41 Å². The molecule has 1 aromatic carbocycles. The molecular weight excluding hydrogens is 276 g/mol. The van der Waals surface area contributed by atoms with Crippen LogP contribution in [0.3, 0.4) is 0 Å². The molecule has 19 heavy (non-hydrogen) atoms. The topological polar surface area (TPSA) is 9.23 Å². The molecule has 2 unspecified atom stereocenters. The molecule has 104 valence electrons. The molecule has 0 spiro atoms. The van der Waals surface area contributed by atoms with Crippen LogP contribution in [0.4, 0.5) is 0 Å². The summed E-state index contributed by atoms with van der Waals surface area (Å²) in [5.74, 6) is 2.69. The normalized spacial score (nSPS) is 30.7. The van der Waals surface area contributed by atoms with Crippen molar-refractivity contribution in [3.63, 3.8) is 0 Å². The Morgan fingerprint density at radius 3 is 2.74 bits per heavy atom. The van der Waals surface area contributed by atoms with Gasteiger partial charge in [0.1, 0.15) is 0 Å². The van der Waals surface area contributed by atoms with Crippen molar-refractivity contribution in [3.05, 3.63) is 30.3 Å². The Kier molecular flexibility index (Phi) is 4.40. The molecule has 2 fully saturated rings. The predicted molar refractivity (Wildman–Crippen MR) is 82.0 cm³/mol. The molecule has 3 heteroatoms. The van der Waals surface area contributed by atoms with Gasteiger partial charge in [0, 0.05) is 22.8 Å². The lowest BCUT2D eigenvalue weighted by atomic mass is 9.78. The van der Waals surface area contributed by atoms with E-state index >= 15 is 0 Å². The van der Waals surface area contributed by atoms with Crippen LogP contribution in [0.25, 0.3) is 0 Å². The van der Waals surface area contributed by atoms with Crippen LogP contribution in [-0.2, 0) is 4.74 Å². The second-order valence-electron chi connectivity index (χ2n) is 5.79. The Labute approximate surface area is 125 Å². The average molecular weight is 297 g/mol. The van der Waals surface area contributed by atoms with Gasteiger partial charge < -0.3 is 4.74 Å². The summed E-state index contributed by atoms with van der Waals surface area (Å²) in [6.45, 7) is 0.907. The number of hydrogen-bond acceptors (Lipinski definition) is 2. The van der Waals surface area contributed by atoms with Crippen LogP contribution in [0.5, 0.6) is 0 Å². The van der Waals surface area contributed by atoms with Gasteiger partial charge in [-0.2, -0.15) is 0 Å². The average Bonchev–Trinajstić information content (AvgIpc) is 3.21. The van der Waals surface area contributed by atoms with Crippen molar-refractivity contribution in [2.24, 2.45) is 11.3 Å². The van der Waals surface area contributed by atoms with Gasteiger partial charge in [0.05, 0.1) is 6.10 Å². The van der Waals surface area contributed by atoms with E-state index in [1.54, 1.807) is 0 Å².